The Hall–Kier alpha value is 0.960. The van der Waals surface area contributed by atoms with Crippen molar-refractivity contribution >= 4 is 31.9 Å². The molecule has 0 nitrogen and oxygen atoms in total. The van der Waals surface area contributed by atoms with E-state index in [-0.39, 0.29) is 0 Å². The van der Waals surface area contributed by atoms with Crippen molar-refractivity contribution < 1.29 is 0 Å². The number of rotatable bonds is 1. The van der Waals surface area contributed by atoms with Gasteiger partial charge in [-0.05, 0) is 111 Å². The molecule has 0 heterocycles. The Bertz CT molecular complexity index is 498. The molecule has 8 rings (SSSR count). The highest BCUT2D eigenvalue weighted by Crippen LogP contribution is 2.77. The molecular weight excluding hydrogens is 400 g/mol. The van der Waals surface area contributed by atoms with E-state index >= 15 is 0 Å². The lowest BCUT2D eigenvalue weighted by molar-refractivity contribution is -0.186. The summed E-state index contributed by atoms with van der Waals surface area (Å²) in [6.45, 7) is 0. The maximum atomic E-state index is 4.33. The van der Waals surface area contributed by atoms with Gasteiger partial charge in [-0.2, -0.15) is 0 Å². The smallest absolute Gasteiger partial charge is 0.0268 e. The topological polar surface area (TPSA) is 0 Å². The Labute approximate surface area is 151 Å². The zero-order chi connectivity index (χ0) is 14.7. The normalized spacial score (nSPS) is 67.9. The standard InChI is InChI=1S/C20H28Br2/c21-17-16-3-12-1-13(4-16)10-20(17,9-12)18-5-14-2-15(6-18)8-19(22,7-14)11-18/h12-17H,1-11H2. The third-order valence-corrected chi connectivity index (χ3v) is 11.8. The van der Waals surface area contributed by atoms with Crippen LogP contribution in [0.15, 0.2) is 0 Å². The summed E-state index contributed by atoms with van der Waals surface area (Å²) in [5.74, 6) is 5.29. The maximum absolute atomic E-state index is 4.33. The van der Waals surface area contributed by atoms with Gasteiger partial charge in [-0.25, -0.2) is 0 Å². The minimum absolute atomic E-state index is 0.535. The molecule has 8 aliphatic carbocycles. The lowest BCUT2D eigenvalue weighted by atomic mass is 9.35. The van der Waals surface area contributed by atoms with Crippen LogP contribution in [0.3, 0.4) is 0 Å². The van der Waals surface area contributed by atoms with Crippen LogP contribution in [0.25, 0.3) is 0 Å². The monoisotopic (exact) mass is 426 g/mol. The van der Waals surface area contributed by atoms with Gasteiger partial charge >= 0.3 is 0 Å². The Kier molecular flexibility index (Phi) is 2.70. The zero-order valence-corrected chi connectivity index (χ0v) is 16.7. The summed E-state index contributed by atoms with van der Waals surface area (Å²) in [6, 6.07) is 0. The van der Waals surface area contributed by atoms with E-state index in [2.05, 4.69) is 31.9 Å². The average molecular weight is 428 g/mol. The van der Waals surface area contributed by atoms with Crippen LogP contribution in [0.2, 0.25) is 0 Å². The molecule has 0 amide bonds. The van der Waals surface area contributed by atoms with Crippen LogP contribution in [0, 0.1) is 40.4 Å². The van der Waals surface area contributed by atoms with E-state index in [4.69, 9.17) is 0 Å². The van der Waals surface area contributed by atoms with E-state index < -0.39 is 0 Å². The van der Waals surface area contributed by atoms with Gasteiger partial charge in [-0.3, -0.25) is 0 Å². The zero-order valence-electron chi connectivity index (χ0n) is 13.5. The first-order valence-electron chi connectivity index (χ1n) is 9.82. The lowest BCUT2D eigenvalue weighted by Crippen LogP contribution is -2.66. The molecule has 122 valence electrons. The molecule has 8 bridgehead atoms. The predicted molar refractivity (Wildman–Crippen MR) is 97.5 cm³/mol. The minimum Gasteiger partial charge on any atom is -0.0881 e. The van der Waals surface area contributed by atoms with Crippen LogP contribution in [-0.2, 0) is 0 Å². The number of hydrogen-bond donors (Lipinski definition) is 0. The fraction of sp³-hybridized carbons (Fsp3) is 1.00. The molecule has 0 aliphatic heterocycles. The third-order valence-electron chi connectivity index (χ3n) is 9.23. The lowest BCUT2D eigenvalue weighted by Gasteiger charge is -2.73. The maximum Gasteiger partial charge on any atom is 0.0268 e. The summed E-state index contributed by atoms with van der Waals surface area (Å²) in [5.41, 5.74) is 1.38. The quantitative estimate of drug-likeness (QED) is 0.430. The molecule has 0 saturated heterocycles. The van der Waals surface area contributed by atoms with Gasteiger partial charge in [0.25, 0.3) is 0 Å². The summed E-state index contributed by atoms with van der Waals surface area (Å²) < 4.78 is 0.535. The Morgan fingerprint density at radius 2 is 1.27 bits per heavy atom. The fourth-order valence-electron chi connectivity index (χ4n) is 9.44. The second-order valence-corrected chi connectivity index (χ2v) is 13.2. The third kappa shape index (κ3) is 1.61. The molecule has 8 saturated carbocycles. The van der Waals surface area contributed by atoms with Crippen molar-refractivity contribution in [3.05, 3.63) is 0 Å². The number of hydrogen-bond acceptors (Lipinski definition) is 0. The van der Waals surface area contributed by atoms with E-state index in [0.717, 1.165) is 34.4 Å². The fourth-order valence-corrected chi connectivity index (χ4v) is 12.2. The highest BCUT2D eigenvalue weighted by Gasteiger charge is 2.69. The molecule has 22 heavy (non-hydrogen) atoms. The number of halogens is 2. The van der Waals surface area contributed by atoms with Gasteiger partial charge in [0.05, 0.1) is 0 Å². The second-order valence-electron chi connectivity index (χ2n) is 10.6. The molecule has 8 fully saturated rings. The minimum atomic E-state index is 0.535. The molecule has 2 heteroatoms. The summed E-state index contributed by atoms with van der Waals surface area (Å²) in [5, 5.41) is 0. The van der Waals surface area contributed by atoms with Gasteiger partial charge in [0, 0.05) is 9.15 Å². The van der Waals surface area contributed by atoms with E-state index in [0.29, 0.717) is 15.2 Å². The first kappa shape index (κ1) is 14.2. The van der Waals surface area contributed by atoms with E-state index in [1.54, 1.807) is 51.4 Å². The molecule has 0 N–H and O–H groups in total. The molecule has 0 aromatic carbocycles. The first-order chi connectivity index (χ1) is 10.5. The van der Waals surface area contributed by atoms with Gasteiger partial charge < -0.3 is 0 Å². The van der Waals surface area contributed by atoms with Crippen molar-refractivity contribution in [1.82, 2.24) is 0 Å². The van der Waals surface area contributed by atoms with Crippen molar-refractivity contribution in [2.75, 3.05) is 0 Å². The first-order valence-corrected chi connectivity index (χ1v) is 11.5. The molecule has 5 atom stereocenters. The molecule has 5 unspecified atom stereocenters. The van der Waals surface area contributed by atoms with Crippen LogP contribution in [0.4, 0.5) is 0 Å². The Morgan fingerprint density at radius 3 is 1.86 bits per heavy atom. The van der Waals surface area contributed by atoms with Crippen LogP contribution < -0.4 is 0 Å². The van der Waals surface area contributed by atoms with Gasteiger partial charge in [0.15, 0.2) is 0 Å². The van der Waals surface area contributed by atoms with Crippen LogP contribution in [-0.4, -0.2) is 9.15 Å². The largest absolute Gasteiger partial charge is 0.0881 e. The SMILES string of the molecule is BrC1C2CC3CC(C2)CC1(C12CC4CC(CC(Br)(C4)C1)C2)C3. The molecule has 0 aromatic heterocycles. The van der Waals surface area contributed by atoms with Gasteiger partial charge in [0.1, 0.15) is 0 Å². The van der Waals surface area contributed by atoms with Crippen molar-refractivity contribution in [2.24, 2.45) is 40.4 Å². The van der Waals surface area contributed by atoms with Crippen molar-refractivity contribution in [1.29, 1.82) is 0 Å². The van der Waals surface area contributed by atoms with Gasteiger partial charge in [-0.1, -0.05) is 31.9 Å². The highest BCUT2D eigenvalue weighted by molar-refractivity contribution is 9.10. The molecular formula is C20H28Br2. The molecule has 0 spiro atoms. The van der Waals surface area contributed by atoms with Crippen molar-refractivity contribution in [3.63, 3.8) is 0 Å². The molecule has 0 aromatic rings. The van der Waals surface area contributed by atoms with E-state index in [1.807, 2.05) is 0 Å². The van der Waals surface area contributed by atoms with Crippen LogP contribution in [0.5, 0.6) is 0 Å². The summed E-state index contributed by atoms with van der Waals surface area (Å²) in [6.07, 6.45) is 17.1. The van der Waals surface area contributed by atoms with Crippen LogP contribution in [0.1, 0.15) is 70.6 Å². The molecule has 8 aliphatic rings. The number of alkyl halides is 2. The summed E-state index contributed by atoms with van der Waals surface area (Å²) in [4.78, 5) is 0.847. The summed E-state index contributed by atoms with van der Waals surface area (Å²) >= 11 is 8.61. The van der Waals surface area contributed by atoms with Crippen molar-refractivity contribution in [3.8, 4) is 0 Å². The Morgan fingerprint density at radius 1 is 0.682 bits per heavy atom. The second kappa shape index (κ2) is 4.19. The summed E-state index contributed by atoms with van der Waals surface area (Å²) in [7, 11) is 0. The Balaban J connectivity index is 1.48. The van der Waals surface area contributed by atoms with Crippen LogP contribution >= 0.6 is 31.9 Å². The highest BCUT2D eigenvalue weighted by atomic mass is 79.9. The van der Waals surface area contributed by atoms with Crippen molar-refractivity contribution in [2.45, 2.75) is 79.8 Å². The van der Waals surface area contributed by atoms with E-state index in [1.165, 1.54) is 19.3 Å². The average Bonchev–Trinajstić information content (AvgIpc) is 2.40. The van der Waals surface area contributed by atoms with Gasteiger partial charge in [0.2, 0.25) is 0 Å². The van der Waals surface area contributed by atoms with Gasteiger partial charge in [-0.15, -0.1) is 0 Å². The molecule has 0 radical (unpaired) electrons. The van der Waals surface area contributed by atoms with E-state index in [9.17, 15) is 0 Å². The predicted octanol–water partition coefficient (Wildman–Crippen LogP) is 6.31.